The summed E-state index contributed by atoms with van der Waals surface area (Å²) in [5.74, 6) is -0.627. The van der Waals surface area contributed by atoms with Crippen molar-refractivity contribution >= 4 is 75.4 Å². The summed E-state index contributed by atoms with van der Waals surface area (Å²) >= 11 is 13.9. The van der Waals surface area contributed by atoms with Gasteiger partial charge in [0.1, 0.15) is 5.57 Å². The lowest BCUT2D eigenvalue weighted by Gasteiger charge is -2.26. The van der Waals surface area contributed by atoms with Crippen LogP contribution in [0.4, 0.5) is 10.5 Å². The minimum Gasteiger partial charge on any atom is -0.493 e. The molecule has 0 atom stereocenters. The first kappa shape index (κ1) is 21.4. The number of carbonyl (C=O) groups is 3. The average molecular weight is 547 g/mol. The van der Waals surface area contributed by atoms with Crippen molar-refractivity contribution in [1.29, 1.82) is 0 Å². The number of methoxy groups -OCH3 is 2. The van der Waals surface area contributed by atoms with Gasteiger partial charge < -0.3 is 9.47 Å². The molecule has 150 valence electrons. The molecule has 0 unspecified atom stereocenters. The summed E-state index contributed by atoms with van der Waals surface area (Å²) in [5.41, 5.74) is 0.481. The quantitative estimate of drug-likeness (QED) is 0.351. The molecule has 0 spiro atoms. The zero-order valence-electron chi connectivity index (χ0n) is 15.1. The first-order chi connectivity index (χ1) is 13.8. The third-order valence-corrected chi connectivity index (χ3v) is 5.57. The van der Waals surface area contributed by atoms with Crippen molar-refractivity contribution in [2.75, 3.05) is 19.1 Å². The van der Waals surface area contributed by atoms with Gasteiger partial charge in [-0.05, 0) is 64.6 Å². The minimum atomic E-state index is -0.877. The van der Waals surface area contributed by atoms with E-state index in [-0.39, 0.29) is 21.3 Å². The van der Waals surface area contributed by atoms with E-state index < -0.39 is 17.8 Å². The molecule has 10 heteroatoms. The summed E-state index contributed by atoms with van der Waals surface area (Å²) < 4.78 is 11.3. The van der Waals surface area contributed by atoms with E-state index in [2.05, 4.69) is 27.9 Å². The Morgan fingerprint density at radius 1 is 1.03 bits per heavy atom. The molecule has 0 aromatic heterocycles. The molecule has 0 saturated carbocycles. The Bertz CT molecular complexity index is 1070. The minimum absolute atomic E-state index is 0.168. The van der Waals surface area contributed by atoms with Gasteiger partial charge >= 0.3 is 6.03 Å². The highest BCUT2D eigenvalue weighted by molar-refractivity contribution is 14.1. The zero-order chi connectivity index (χ0) is 21.3. The second kappa shape index (κ2) is 8.60. The highest BCUT2D eigenvalue weighted by Gasteiger charge is 2.37. The van der Waals surface area contributed by atoms with Crippen molar-refractivity contribution in [1.82, 2.24) is 5.32 Å². The smallest absolute Gasteiger partial charge is 0.335 e. The maximum atomic E-state index is 13.0. The van der Waals surface area contributed by atoms with Gasteiger partial charge in [-0.15, -0.1) is 0 Å². The van der Waals surface area contributed by atoms with E-state index in [4.69, 9.17) is 32.7 Å². The predicted molar refractivity (Wildman–Crippen MR) is 118 cm³/mol. The third-order valence-electron chi connectivity index (χ3n) is 4.03. The van der Waals surface area contributed by atoms with Crippen LogP contribution in [-0.4, -0.2) is 32.1 Å². The Labute approximate surface area is 189 Å². The van der Waals surface area contributed by atoms with Gasteiger partial charge in [-0.3, -0.25) is 14.9 Å². The van der Waals surface area contributed by atoms with Crippen molar-refractivity contribution in [3.63, 3.8) is 0 Å². The van der Waals surface area contributed by atoms with Crippen LogP contribution in [0.3, 0.4) is 0 Å². The van der Waals surface area contributed by atoms with E-state index in [1.165, 1.54) is 38.5 Å². The van der Waals surface area contributed by atoms with Crippen LogP contribution in [0.1, 0.15) is 5.56 Å². The molecule has 1 aliphatic heterocycles. The highest BCUT2D eigenvalue weighted by Crippen LogP contribution is 2.35. The van der Waals surface area contributed by atoms with Gasteiger partial charge in [0.2, 0.25) is 0 Å². The lowest BCUT2D eigenvalue weighted by molar-refractivity contribution is -0.122. The van der Waals surface area contributed by atoms with Crippen LogP contribution in [-0.2, 0) is 9.59 Å². The highest BCUT2D eigenvalue weighted by atomic mass is 127. The Hall–Kier alpha value is -2.30. The number of nitrogens with zero attached hydrogens (tertiary/aromatic N) is 1. The number of ether oxygens (including phenoxy) is 2. The Kier molecular flexibility index (Phi) is 6.35. The molecule has 1 heterocycles. The third kappa shape index (κ3) is 4.19. The van der Waals surface area contributed by atoms with Gasteiger partial charge in [0, 0.05) is 0 Å². The van der Waals surface area contributed by atoms with Crippen LogP contribution in [0.5, 0.6) is 11.5 Å². The maximum Gasteiger partial charge on any atom is 0.335 e. The van der Waals surface area contributed by atoms with Gasteiger partial charge in [-0.25, -0.2) is 9.69 Å². The average Bonchev–Trinajstić information content (AvgIpc) is 2.67. The molecule has 1 N–H and O–H groups in total. The summed E-state index contributed by atoms with van der Waals surface area (Å²) in [6.07, 6.45) is 1.37. The SMILES string of the molecule is COc1cc(/C=C2\C(=O)NC(=O)N(c3ccc(Cl)c(Cl)c3)C2=O)cc(I)c1OC. The molecule has 1 aliphatic rings. The molecule has 1 fully saturated rings. The van der Waals surface area contributed by atoms with Crippen LogP contribution in [0.15, 0.2) is 35.9 Å². The standard InChI is InChI=1S/C19H13Cl2IN2O5/c1-28-15-7-9(6-14(22)16(15)29-2)5-11-17(25)23-19(27)24(18(11)26)10-3-4-12(20)13(21)8-10/h3-8H,1-2H3,(H,23,25,27)/b11-5+. The first-order valence-electron chi connectivity index (χ1n) is 8.04. The summed E-state index contributed by atoms with van der Waals surface area (Å²) in [7, 11) is 2.99. The molecule has 2 aromatic carbocycles. The number of hydrogen-bond donors (Lipinski definition) is 1. The van der Waals surface area contributed by atoms with Crippen LogP contribution >= 0.6 is 45.8 Å². The lowest BCUT2D eigenvalue weighted by atomic mass is 10.1. The molecule has 1 saturated heterocycles. The zero-order valence-corrected chi connectivity index (χ0v) is 18.8. The van der Waals surface area contributed by atoms with Crippen LogP contribution in [0.2, 0.25) is 10.0 Å². The van der Waals surface area contributed by atoms with E-state index >= 15 is 0 Å². The largest absolute Gasteiger partial charge is 0.493 e. The molecule has 4 amide bonds. The Balaban J connectivity index is 2.06. The number of urea groups is 1. The summed E-state index contributed by atoms with van der Waals surface area (Å²) in [4.78, 5) is 38.4. The maximum absolute atomic E-state index is 13.0. The Morgan fingerprint density at radius 2 is 1.76 bits per heavy atom. The van der Waals surface area contributed by atoms with Gasteiger partial charge in [0.05, 0.1) is 33.5 Å². The molecule has 2 aromatic rings. The van der Waals surface area contributed by atoms with Gasteiger partial charge in [-0.2, -0.15) is 0 Å². The van der Waals surface area contributed by atoms with E-state index in [9.17, 15) is 14.4 Å². The number of halogens is 3. The molecule has 29 heavy (non-hydrogen) atoms. The fourth-order valence-electron chi connectivity index (χ4n) is 2.70. The molecule has 0 bridgehead atoms. The fraction of sp³-hybridized carbons (Fsp3) is 0.105. The summed E-state index contributed by atoms with van der Waals surface area (Å²) in [6.45, 7) is 0. The molecule has 0 aliphatic carbocycles. The predicted octanol–water partition coefficient (Wildman–Crippen LogP) is 4.28. The van der Waals surface area contributed by atoms with Crippen molar-refractivity contribution in [2.24, 2.45) is 0 Å². The van der Waals surface area contributed by atoms with Crippen LogP contribution in [0, 0.1) is 3.57 Å². The van der Waals surface area contributed by atoms with E-state index in [1.807, 2.05) is 0 Å². The molecule has 3 rings (SSSR count). The summed E-state index contributed by atoms with van der Waals surface area (Å²) in [5, 5.41) is 2.59. The number of carbonyl (C=O) groups excluding carboxylic acids is 3. The lowest BCUT2D eigenvalue weighted by Crippen LogP contribution is -2.54. The number of barbiturate groups is 1. The summed E-state index contributed by atoms with van der Waals surface area (Å²) in [6, 6.07) is 6.74. The second-order valence-corrected chi connectivity index (χ2v) is 7.77. The number of nitrogens with one attached hydrogen (secondary N) is 1. The number of imide groups is 2. The molecular weight excluding hydrogens is 534 g/mol. The molecule has 7 nitrogen and oxygen atoms in total. The number of hydrogen-bond acceptors (Lipinski definition) is 5. The van der Waals surface area contributed by atoms with Crippen molar-refractivity contribution in [3.05, 3.63) is 55.1 Å². The van der Waals surface area contributed by atoms with Gasteiger partial charge in [0.15, 0.2) is 11.5 Å². The fourth-order valence-corrected chi connectivity index (χ4v) is 3.84. The van der Waals surface area contributed by atoms with E-state index in [0.717, 1.165) is 8.47 Å². The monoisotopic (exact) mass is 546 g/mol. The van der Waals surface area contributed by atoms with Gasteiger partial charge in [-0.1, -0.05) is 23.2 Å². The van der Waals surface area contributed by atoms with Crippen molar-refractivity contribution in [2.45, 2.75) is 0 Å². The number of anilines is 1. The van der Waals surface area contributed by atoms with E-state index in [0.29, 0.717) is 17.1 Å². The van der Waals surface area contributed by atoms with Crippen LogP contribution in [0.25, 0.3) is 6.08 Å². The number of benzene rings is 2. The van der Waals surface area contributed by atoms with Crippen molar-refractivity contribution in [3.8, 4) is 11.5 Å². The van der Waals surface area contributed by atoms with Crippen LogP contribution < -0.4 is 19.7 Å². The van der Waals surface area contributed by atoms with Crippen molar-refractivity contribution < 1.29 is 23.9 Å². The number of rotatable bonds is 4. The second-order valence-electron chi connectivity index (χ2n) is 5.79. The Morgan fingerprint density at radius 3 is 2.38 bits per heavy atom. The van der Waals surface area contributed by atoms with Gasteiger partial charge in [0.25, 0.3) is 11.8 Å². The van der Waals surface area contributed by atoms with E-state index in [1.54, 1.807) is 12.1 Å². The number of amides is 4. The molecule has 0 radical (unpaired) electrons. The topological polar surface area (TPSA) is 84.9 Å². The normalized spacial score (nSPS) is 15.6. The molecular formula is C19H13Cl2IN2O5. The first-order valence-corrected chi connectivity index (χ1v) is 9.88.